The maximum atomic E-state index is 12.8. The van der Waals surface area contributed by atoms with Crippen LogP contribution in [0, 0.1) is 6.92 Å². The molecule has 0 radical (unpaired) electrons. The van der Waals surface area contributed by atoms with Gasteiger partial charge in [-0.2, -0.15) is 8.42 Å². The van der Waals surface area contributed by atoms with Crippen molar-refractivity contribution in [3.05, 3.63) is 23.2 Å². The summed E-state index contributed by atoms with van der Waals surface area (Å²) in [5.74, 6) is 0. The molecular formula is C8H6FNO2S2. The predicted octanol–water partition coefficient (Wildman–Crippen LogP) is 2.26. The smallest absolute Gasteiger partial charge is 0.240 e. The highest BCUT2D eigenvalue weighted by Gasteiger charge is 2.17. The molecule has 0 aliphatic heterocycles. The normalized spacial score (nSPS) is 12.1. The van der Waals surface area contributed by atoms with Gasteiger partial charge in [-0.3, -0.25) is 0 Å². The molecule has 3 nitrogen and oxygen atoms in total. The summed E-state index contributed by atoms with van der Waals surface area (Å²) >= 11 is 1.34. The number of aryl methyl sites for hydroxylation is 1. The topological polar surface area (TPSA) is 47.0 Å². The summed E-state index contributed by atoms with van der Waals surface area (Å²) in [6.07, 6.45) is 0. The first-order chi connectivity index (χ1) is 6.48. The van der Waals surface area contributed by atoms with Crippen LogP contribution in [0.15, 0.2) is 23.1 Å². The summed E-state index contributed by atoms with van der Waals surface area (Å²) in [4.78, 5) is 3.63. The second-order valence-electron chi connectivity index (χ2n) is 2.77. The Bertz CT molecular complexity index is 588. The van der Waals surface area contributed by atoms with Crippen LogP contribution in [0.2, 0.25) is 0 Å². The van der Waals surface area contributed by atoms with E-state index in [1.165, 1.54) is 23.5 Å². The molecule has 1 aromatic carbocycles. The molecule has 74 valence electrons. The first-order valence-corrected chi connectivity index (χ1v) is 5.99. The number of aromatic nitrogens is 1. The minimum atomic E-state index is -4.67. The van der Waals surface area contributed by atoms with E-state index >= 15 is 0 Å². The number of hydrogen-bond acceptors (Lipinski definition) is 4. The third-order valence-corrected chi connectivity index (χ3v) is 3.54. The van der Waals surface area contributed by atoms with Gasteiger partial charge in [0, 0.05) is 0 Å². The zero-order valence-corrected chi connectivity index (χ0v) is 8.82. The average Bonchev–Trinajstić information content (AvgIpc) is 2.41. The predicted molar refractivity (Wildman–Crippen MR) is 52.7 cm³/mol. The van der Waals surface area contributed by atoms with Crippen molar-refractivity contribution in [1.82, 2.24) is 4.98 Å². The number of halogens is 1. The van der Waals surface area contributed by atoms with Crippen LogP contribution in [0.3, 0.4) is 0 Å². The van der Waals surface area contributed by atoms with Gasteiger partial charge in [-0.25, -0.2) is 4.98 Å². The molecule has 6 heteroatoms. The summed E-state index contributed by atoms with van der Waals surface area (Å²) in [6.45, 7) is 1.75. The molecule has 0 spiro atoms. The van der Waals surface area contributed by atoms with E-state index in [1.807, 2.05) is 0 Å². The highest BCUT2D eigenvalue weighted by molar-refractivity contribution is 7.86. The van der Waals surface area contributed by atoms with Gasteiger partial charge < -0.3 is 0 Å². The lowest BCUT2D eigenvalue weighted by molar-refractivity contribution is 0.553. The van der Waals surface area contributed by atoms with Gasteiger partial charge in [0.1, 0.15) is 10.4 Å². The van der Waals surface area contributed by atoms with Gasteiger partial charge in [-0.15, -0.1) is 15.2 Å². The van der Waals surface area contributed by atoms with E-state index in [2.05, 4.69) is 4.98 Å². The maximum absolute atomic E-state index is 12.8. The Kier molecular flexibility index (Phi) is 2.04. The van der Waals surface area contributed by atoms with Crippen molar-refractivity contribution in [3.63, 3.8) is 0 Å². The minimum Gasteiger partial charge on any atom is -0.240 e. The highest BCUT2D eigenvalue weighted by Crippen LogP contribution is 2.27. The fraction of sp³-hybridized carbons (Fsp3) is 0.125. The largest absolute Gasteiger partial charge is 0.334 e. The minimum absolute atomic E-state index is 0.220. The highest BCUT2D eigenvalue weighted by atomic mass is 32.3. The van der Waals surface area contributed by atoms with E-state index < -0.39 is 10.2 Å². The van der Waals surface area contributed by atoms with Crippen molar-refractivity contribution in [2.24, 2.45) is 0 Å². The molecule has 0 fully saturated rings. The standard InChI is InChI=1S/C8H6FNO2S2/c1-5-10-8-6(13-5)3-2-4-7(8)14(9,11)12/h2-4H,1H3. The quantitative estimate of drug-likeness (QED) is 0.707. The van der Waals surface area contributed by atoms with Gasteiger partial charge >= 0.3 is 10.2 Å². The van der Waals surface area contributed by atoms with Crippen molar-refractivity contribution in [2.45, 2.75) is 11.8 Å². The first kappa shape index (κ1) is 9.54. The molecule has 0 bridgehead atoms. The lowest BCUT2D eigenvalue weighted by Crippen LogP contribution is -1.92. The van der Waals surface area contributed by atoms with Crippen molar-refractivity contribution in [2.75, 3.05) is 0 Å². The van der Waals surface area contributed by atoms with Crippen LogP contribution >= 0.6 is 11.3 Å². The molecule has 2 aromatic rings. The second-order valence-corrected chi connectivity index (χ2v) is 5.32. The molecule has 14 heavy (non-hydrogen) atoms. The van der Waals surface area contributed by atoms with E-state index in [1.54, 1.807) is 13.0 Å². The zero-order valence-electron chi connectivity index (χ0n) is 7.19. The summed E-state index contributed by atoms with van der Waals surface area (Å²) < 4.78 is 35.0. The van der Waals surface area contributed by atoms with Crippen LogP contribution in [0.1, 0.15) is 5.01 Å². The zero-order chi connectivity index (χ0) is 10.3. The SMILES string of the molecule is Cc1nc2c(S(=O)(=O)F)cccc2s1. The summed E-state index contributed by atoms with van der Waals surface area (Å²) in [7, 11) is -4.67. The molecule has 0 saturated heterocycles. The second kappa shape index (κ2) is 2.99. The fourth-order valence-electron chi connectivity index (χ4n) is 1.23. The Morgan fingerprint density at radius 1 is 1.43 bits per heavy atom. The van der Waals surface area contributed by atoms with Gasteiger partial charge in [0.2, 0.25) is 0 Å². The van der Waals surface area contributed by atoms with Gasteiger partial charge in [0.05, 0.1) is 9.71 Å². The van der Waals surface area contributed by atoms with Crippen molar-refractivity contribution >= 4 is 31.8 Å². The van der Waals surface area contributed by atoms with E-state index in [0.717, 1.165) is 5.01 Å². The van der Waals surface area contributed by atoms with Crippen LogP contribution in [0.5, 0.6) is 0 Å². The fourth-order valence-corrected chi connectivity index (χ4v) is 2.78. The van der Waals surface area contributed by atoms with Gasteiger partial charge in [-0.1, -0.05) is 6.07 Å². The molecule has 0 aliphatic carbocycles. The number of nitrogens with zero attached hydrogens (tertiary/aromatic N) is 1. The van der Waals surface area contributed by atoms with E-state index in [-0.39, 0.29) is 10.4 Å². The van der Waals surface area contributed by atoms with Gasteiger partial charge in [-0.05, 0) is 19.1 Å². The van der Waals surface area contributed by atoms with Crippen LogP contribution in [0.4, 0.5) is 3.89 Å². The van der Waals surface area contributed by atoms with Crippen LogP contribution in [-0.4, -0.2) is 13.4 Å². The molecule has 0 unspecified atom stereocenters. The third kappa shape index (κ3) is 1.51. The molecular weight excluding hydrogens is 225 g/mol. The van der Waals surface area contributed by atoms with Crippen LogP contribution in [0.25, 0.3) is 10.2 Å². The molecule has 0 saturated carbocycles. The van der Waals surface area contributed by atoms with Crippen molar-refractivity contribution < 1.29 is 12.3 Å². The average molecular weight is 231 g/mol. The maximum Gasteiger partial charge on any atom is 0.334 e. The number of thiazole rings is 1. The molecule has 1 aromatic heterocycles. The van der Waals surface area contributed by atoms with E-state index in [0.29, 0.717) is 4.70 Å². The monoisotopic (exact) mass is 231 g/mol. The summed E-state index contributed by atoms with van der Waals surface area (Å²) in [5, 5.41) is 0.719. The molecule has 1 heterocycles. The van der Waals surface area contributed by atoms with E-state index in [9.17, 15) is 12.3 Å². The summed E-state index contributed by atoms with van der Waals surface area (Å²) in [6, 6.07) is 4.44. The Balaban J connectivity index is 2.90. The van der Waals surface area contributed by atoms with Gasteiger partial charge in [0.15, 0.2) is 0 Å². The molecule has 0 amide bonds. The van der Waals surface area contributed by atoms with Crippen molar-refractivity contribution in [3.8, 4) is 0 Å². The summed E-state index contributed by atoms with van der Waals surface area (Å²) in [5.41, 5.74) is 0.220. The Hall–Kier alpha value is -1.01. The van der Waals surface area contributed by atoms with Crippen LogP contribution in [-0.2, 0) is 10.2 Å². The lowest BCUT2D eigenvalue weighted by Gasteiger charge is -1.94. The third-order valence-electron chi connectivity index (χ3n) is 1.75. The first-order valence-electron chi connectivity index (χ1n) is 3.79. The Morgan fingerprint density at radius 3 is 2.79 bits per heavy atom. The number of fused-ring (bicyclic) bond motifs is 1. The number of para-hydroxylation sites is 1. The Morgan fingerprint density at radius 2 is 2.14 bits per heavy atom. The van der Waals surface area contributed by atoms with Crippen molar-refractivity contribution in [1.29, 1.82) is 0 Å². The molecule has 0 aliphatic rings. The lowest BCUT2D eigenvalue weighted by atomic mass is 10.3. The molecule has 0 atom stereocenters. The van der Waals surface area contributed by atoms with Crippen LogP contribution < -0.4 is 0 Å². The van der Waals surface area contributed by atoms with E-state index in [4.69, 9.17) is 0 Å². The van der Waals surface area contributed by atoms with Gasteiger partial charge in [0.25, 0.3) is 0 Å². The Labute approximate surface area is 84.4 Å². The molecule has 2 rings (SSSR count). The number of rotatable bonds is 1. The number of hydrogen-bond donors (Lipinski definition) is 0. The molecule has 0 N–H and O–H groups in total. The number of benzene rings is 1.